The van der Waals surface area contributed by atoms with Crippen molar-refractivity contribution in [2.75, 3.05) is 6.54 Å². The quantitative estimate of drug-likeness (QED) is 0.289. The maximum absolute atomic E-state index is 13.6. The highest BCUT2D eigenvalue weighted by Crippen LogP contribution is 2.47. The molecule has 0 amide bonds. The minimum atomic E-state index is -4.01. The van der Waals surface area contributed by atoms with Crippen LogP contribution in [0.4, 0.5) is 0 Å². The predicted octanol–water partition coefficient (Wildman–Crippen LogP) is 3.88. The lowest BCUT2D eigenvalue weighted by atomic mass is 9.69. The average Bonchev–Trinajstić information content (AvgIpc) is 2.60. The third-order valence-electron chi connectivity index (χ3n) is 5.29. The Bertz CT molecular complexity index is 847. The molecule has 2 rings (SSSR count). The molecular formula is C19H25N3O4S. The molecule has 8 heteroatoms. The van der Waals surface area contributed by atoms with Crippen LogP contribution in [0.2, 0.25) is 0 Å². The van der Waals surface area contributed by atoms with Crippen LogP contribution < -0.4 is 0 Å². The molecule has 1 saturated carbocycles. The average molecular weight is 391 g/mol. The van der Waals surface area contributed by atoms with Crippen molar-refractivity contribution in [3.63, 3.8) is 0 Å². The minimum Gasteiger partial charge on any atom is -0.300 e. The van der Waals surface area contributed by atoms with Crippen LogP contribution in [0, 0.1) is 11.8 Å². The van der Waals surface area contributed by atoms with Gasteiger partial charge in [-0.1, -0.05) is 30.2 Å². The summed E-state index contributed by atoms with van der Waals surface area (Å²) < 4.78 is 25.6. The van der Waals surface area contributed by atoms with Crippen molar-refractivity contribution in [3.05, 3.63) is 40.8 Å². The molecule has 0 aliphatic heterocycles. The fourth-order valence-corrected chi connectivity index (χ4v) is 6.54. The van der Waals surface area contributed by atoms with Crippen molar-refractivity contribution in [2.45, 2.75) is 55.6 Å². The van der Waals surface area contributed by atoms with Gasteiger partial charge >= 0.3 is 0 Å². The molecule has 3 atom stereocenters. The zero-order valence-electron chi connectivity index (χ0n) is 15.7. The summed E-state index contributed by atoms with van der Waals surface area (Å²) in [5.41, 5.74) is 8.49. The molecule has 0 unspecified atom stereocenters. The summed E-state index contributed by atoms with van der Waals surface area (Å²) in [5.74, 6) is -1.03. The predicted molar refractivity (Wildman–Crippen MR) is 102 cm³/mol. The summed E-state index contributed by atoms with van der Waals surface area (Å²) in [7, 11) is -4.01. The van der Waals surface area contributed by atoms with Crippen molar-refractivity contribution in [2.24, 2.45) is 17.0 Å². The Kier molecular flexibility index (Phi) is 6.78. The molecule has 0 saturated heterocycles. The van der Waals surface area contributed by atoms with E-state index in [1.807, 2.05) is 6.92 Å². The van der Waals surface area contributed by atoms with Gasteiger partial charge in [0.25, 0.3) is 0 Å². The lowest BCUT2D eigenvalue weighted by Gasteiger charge is -2.44. The first-order chi connectivity index (χ1) is 12.8. The lowest BCUT2D eigenvalue weighted by molar-refractivity contribution is -0.128. The van der Waals surface area contributed by atoms with Crippen LogP contribution in [0.1, 0.15) is 46.0 Å². The maximum Gasteiger partial charge on any atom is 0.191 e. The molecule has 7 nitrogen and oxygen atoms in total. The first-order valence-corrected chi connectivity index (χ1v) is 10.6. The number of benzene rings is 1. The SMILES string of the molecule is CC(=O)C[C@@H]1C[C@@H](C)CC(=O)[C@@]1(CCCN=[N+]=[N-])S(=O)(=O)c1ccccc1. The number of carbonyl (C=O) groups is 2. The fraction of sp³-hybridized carbons (Fsp3) is 0.579. The second-order valence-electron chi connectivity index (χ2n) is 7.34. The normalized spacial score (nSPS) is 25.6. The molecule has 1 fully saturated rings. The second-order valence-corrected chi connectivity index (χ2v) is 9.54. The molecule has 0 heterocycles. The van der Waals surface area contributed by atoms with Gasteiger partial charge in [0.1, 0.15) is 10.5 Å². The lowest BCUT2D eigenvalue weighted by Crippen LogP contribution is -2.56. The van der Waals surface area contributed by atoms with Crippen molar-refractivity contribution in [3.8, 4) is 0 Å². The smallest absolute Gasteiger partial charge is 0.191 e. The van der Waals surface area contributed by atoms with Crippen LogP contribution in [0.3, 0.4) is 0 Å². The number of sulfone groups is 1. The van der Waals surface area contributed by atoms with E-state index in [9.17, 15) is 18.0 Å². The van der Waals surface area contributed by atoms with E-state index < -0.39 is 20.5 Å². The van der Waals surface area contributed by atoms with Crippen LogP contribution in [0.5, 0.6) is 0 Å². The highest BCUT2D eigenvalue weighted by Gasteiger charge is 2.57. The Balaban J connectivity index is 2.60. The molecule has 1 aromatic carbocycles. The molecule has 0 bridgehead atoms. The molecule has 1 aromatic rings. The van der Waals surface area contributed by atoms with E-state index in [1.165, 1.54) is 19.1 Å². The number of hydrogen-bond acceptors (Lipinski definition) is 5. The fourth-order valence-electron chi connectivity index (χ4n) is 4.19. The van der Waals surface area contributed by atoms with Crippen molar-refractivity contribution >= 4 is 21.4 Å². The van der Waals surface area contributed by atoms with Crippen LogP contribution in [-0.2, 0) is 19.4 Å². The third-order valence-corrected chi connectivity index (χ3v) is 7.91. The van der Waals surface area contributed by atoms with Gasteiger partial charge in [-0.3, -0.25) is 4.79 Å². The summed E-state index contributed by atoms with van der Waals surface area (Å²) in [4.78, 5) is 27.9. The first kappa shape index (κ1) is 21.1. The topological polar surface area (TPSA) is 117 Å². The third kappa shape index (κ3) is 4.22. The van der Waals surface area contributed by atoms with Crippen molar-refractivity contribution in [1.29, 1.82) is 0 Å². The van der Waals surface area contributed by atoms with Gasteiger partial charge in [-0.15, -0.1) is 0 Å². The number of nitrogens with zero attached hydrogens (tertiary/aromatic N) is 3. The van der Waals surface area contributed by atoms with Crippen LogP contribution >= 0.6 is 0 Å². The molecule has 1 aliphatic rings. The standard InChI is InChI=1S/C19H25N3O4S/c1-14-11-16(13-15(2)23)19(18(24)12-14,9-6-10-21-22-20)27(25,26)17-7-4-3-5-8-17/h3-5,7-8,14,16H,6,9-13H2,1-2H3/t14-,16+,19+/m1/s1. The van der Waals surface area contributed by atoms with E-state index in [2.05, 4.69) is 10.0 Å². The van der Waals surface area contributed by atoms with Gasteiger partial charge in [0.05, 0.1) is 4.90 Å². The Morgan fingerprint density at radius 3 is 2.59 bits per heavy atom. The molecule has 146 valence electrons. The van der Waals surface area contributed by atoms with E-state index in [1.54, 1.807) is 18.2 Å². The Morgan fingerprint density at radius 1 is 1.33 bits per heavy atom. The number of Topliss-reactive ketones (excluding diaryl/α,β-unsaturated/α-hetero) is 2. The molecule has 27 heavy (non-hydrogen) atoms. The number of rotatable bonds is 8. The summed E-state index contributed by atoms with van der Waals surface area (Å²) in [6.45, 7) is 3.44. The highest BCUT2D eigenvalue weighted by atomic mass is 32.2. The summed E-state index contributed by atoms with van der Waals surface area (Å²) in [6.07, 6.45) is 1.03. The largest absolute Gasteiger partial charge is 0.300 e. The van der Waals surface area contributed by atoms with Gasteiger partial charge in [-0.25, -0.2) is 8.42 Å². The van der Waals surface area contributed by atoms with Crippen LogP contribution in [0.15, 0.2) is 40.3 Å². The van der Waals surface area contributed by atoms with Gasteiger partial charge in [0.15, 0.2) is 15.6 Å². The molecular weight excluding hydrogens is 366 g/mol. The van der Waals surface area contributed by atoms with E-state index in [-0.39, 0.29) is 54.6 Å². The zero-order valence-corrected chi connectivity index (χ0v) is 16.5. The molecule has 0 radical (unpaired) electrons. The molecule has 1 aliphatic carbocycles. The summed E-state index contributed by atoms with van der Waals surface area (Å²) in [6, 6.07) is 7.93. The van der Waals surface area contributed by atoms with Crippen LogP contribution in [-0.4, -0.2) is 31.3 Å². The maximum atomic E-state index is 13.6. The van der Waals surface area contributed by atoms with Gasteiger partial charge in [-0.05, 0) is 55.7 Å². The number of azide groups is 1. The Hall–Kier alpha value is -2.18. The van der Waals surface area contributed by atoms with E-state index in [0.717, 1.165) is 0 Å². The second kappa shape index (κ2) is 8.67. The van der Waals surface area contributed by atoms with Crippen molar-refractivity contribution in [1.82, 2.24) is 0 Å². The highest BCUT2D eigenvalue weighted by molar-refractivity contribution is 7.93. The van der Waals surface area contributed by atoms with Gasteiger partial charge in [-0.2, -0.15) is 0 Å². The van der Waals surface area contributed by atoms with Gasteiger partial charge in [0.2, 0.25) is 0 Å². The van der Waals surface area contributed by atoms with Crippen molar-refractivity contribution < 1.29 is 18.0 Å². The molecule has 0 spiro atoms. The first-order valence-electron chi connectivity index (χ1n) is 9.09. The Morgan fingerprint density at radius 2 is 2.00 bits per heavy atom. The minimum absolute atomic E-state index is 0.0260. The number of hydrogen-bond donors (Lipinski definition) is 0. The van der Waals surface area contributed by atoms with Gasteiger partial charge < -0.3 is 4.79 Å². The number of ketones is 2. The Labute approximate surface area is 159 Å². The summed E-state index contributed by atoms with van der Waals surface area (Å²) in [5, 5.41) is 3.48. The van der Waals surface area contributed by atoms with E-state index in [0.29, 0.717) is 6.42 Å². The van der Waals surface area contributed by atoms with E-state index in [4.69, 9.17) is 5.53 Å². The number of carbonyl (C=O) groups excluding carboxylic acids is 2. The monoisotopic (exact) mass is 391 g/mol. The zero-order chi connectivity index (χ0) is 20.1. The van der Waals surface area contributed by atoms with E-state index >= 15 is 0 Å². The van der Waals surface area contributed by atoms with Gasteiger partial charge in [0, 0.05) is 24.3 Å². The molecule has 0 N–H and O–H groups in total. The molecule has 0 aromatic heterocycles. The summed E-state index contributed by atoms with van der Waals surface area (Å²) >= 11 is 0. The van der Waals surface area contributed by atoms with Crippen LogP contribution in [0.25, 0.3) is 10.4 Å².